The van der Waals surface area contributed by atoms with Gasteiger partial charge < -0.3 is 4.74 Å². The number of hydrogen-bond acceptors (Lipinski definition) is 3. The molecule has 0 heterocycles. The number of esters is 1. The molecule has 0 amide bonds. The minimum Gasteiger partial charge on any atom is -0.469 e. The molecule has 0 spiro atoms. The van der Waals surface area contributed by atoms with E-state index in [-0.39, 0.29) is 16.8 Å². The van der Waals surface area contributed by atoms with Gasteiger partial charge in [0.25, 0.3) is 0 Å². The Morgan fingerprint density at radius 3 is 2.79 bits per heavy atom. The van der Waals surface area contributed by atoms with Crippen LogP contribution < -0.4 is 0 Å². The van der Waals surface area contributed by atoms with Crippen molar-refractivity contribution in [2.45, 2.75) is 38.5 Å². The van der Waals surface area contributed by atoms with Crippen LogP contribution in [0.5, 0.6) is 0 Å². The average molecular weight is 193 g/mol. The number of rotatable bonds is 1. The Morgan fingerprint density at radius 1 is 1.36 bits per heavy atom. The van der Waals surface area contributed by atoms with Crippen molar-refractivity contribution in [2.75, 3.05) is 7.11 Å². The first-order chi connectivity index (χ1) is 6.66. The lowest BCUT2D eigenvalue weighted by molar-refractivity contribution is -0.154. The number of fused-ring (bicyclic) bond motifs is 2. The van der Waals surface area contributed by atoms with Crippen molar-refractivity contribution in [3.63, 3.8) is 0 Å². The Balaban J connectivity index is 2.26. The van der Waals surface area contributed by atoms with Crippen LogP contribution in [0, 0.1) is 22.2 Å². The molecule has 2 aliphatic carbocycles. The second kappa shape index (κ2) is 2.98. The summed E-state index contributed by atoms with van der Waals surface area (Å²) < 4.78 is 4.85. The minimum absolute atomic E-state index is 0.102. The molecule has 14 heavy (non-hydrogen) atoms. The summed E-state index contributed by atoms with van der Waals surface area (Å²) in [6.45, 7) is 0. The van der Waals surface area contributed by atoms with Crippen LogP contribution in [0.3, 0.4) is 0 Å². The van der Waals surface area contributed by atoms with Gasteiger partial charge in [-0.15, -0.1) is 0 Å². The van der Waals surface area contributed by atoms with Crippen molar-refractivity contribution < 1.29 is 9.53 Å². The molecular formula is C11H15NO2. The molecular weight excluding hydrogens is 178 g/mol. The Kier molecular flexibility index (Phi) is 2.02. The van der Waals surface area contributed by atoms with Gasteiger partial charge in [0.05, 0.1) is 24.0 Å². The monoisotopic (exact) mass is 193 g/mol. The van der Waals surface area contributed by atoms with E-state index in [0.717, 1.165) is 38.5 Å². The standard InChI is InChI=1S/C11H15NO2/c1-14-9(13)11-4-2-3-10(7-11,8-12)5-6-11/h2-7H2,1H3/t10-,11+/m1/s1. The van der Waals surface area contributed by atoms with E-state index in [4.69, 9.17) is 10.00 Å². The Hall–Kier alpha value is -1.04. The molecule has 2 atom stereocenters. The highest BCUT2D eigenvalue weighted by Crippen LogP contribution is 2.58. The summed E-state index contributed by atoms with van der Waals surface area (Å²) in [5, 5.41) is 9.14. The summed E-state index contributed by atoms with van der Waals surface area (Å²) >= 11 is 0. The second-order valence-corrected chi connectivity index (χ2v) is 4.69. The summed E-state index contributed by atoms with van der Waals surface area (Å²) in [4.78, 5) is 11.7. The second-order valence-electron chi connectivity index (χ2n) is 4.69. The Bertz CT molecular complexity index is 307. The molecule has 0 aromatic heterocycles. The number of hydrogen-bond donors (Lipinski definition) is 0. The van der Waals surface area contributed by atoms with Gasteiger partial charge in [-0.05, 0) is 32.1 Å². The maximum absolute atomic E-state index is 11.7. The predicted molar refractivity (Wildman–Crippen MR) is 50.2 cm³/mol. The van der Waals surface area contributed by atoms with Crippen LogP contribution in [0.25, 0.3) is 0 Å². The third kappa shape index (κ3) is 1.13. The maximum Gasteiger partial charge on any atom is 0.311 e. The first-order valence-electron chi connectivity index (χ1n) is 5.16. The molecule has 0 unspecified atom stereocenters. The topological polar surface area (TPSA) is 50.1 Å². The SMILES string of the molecule is COC(=O)[C@@]12CCC[C@@](C#N)(CC1)C2. The van der Waals surface area contributed by atoms with E-state index >= 15 is 0 Å². The van der Waals surface area contributed by atoms with Crippen molar-refractivity contribution in [2.24, 2.45) is 10.8 Å². The number of nitriles is 1. The zero-order valence-electron chi connectivity index (χ0n) is 8.51. The third-order valence-corrected chi connectivity index (χ3v) is 3.93. The van der Waals surface area contributed by atoms with Crippen molar-refractivity contribution >= 4 is 5.97 Å². The largest absolute Gasteiger partial charge is 0.469 e. The average Bonchev–Trinajstić information content (AvgIpc) is 2.51. The van der Waals surface area contributed by atoms with Crippen molar-refractivity contribution in [3.05, 3.63) is 0 Å². The van der Waals surface area contributed by atoms with Crippen LogP contribution in [0.4, 0.5) is 0 Å². The lowest BCUT2D eigenvalue weighted by Crippen LogP contribution is -2.34. The van der Waals surface area contributed by atoms with Gasteiger partial charge in [-0.3, -0.25) is 4.79 Å². The third-order valence-electron chi connectivity index (χ3n) is 3.93. The minimum atomic E-state index is -0.317. The van der Waals surface area contributed by atoms with Crippen molar-refractivity contribution in [1.82, 2.24) is 0 Å². The molecule has 3 heteroatoms. The molecule has 2 bridgehead atoms. The summed E-state index contributed by atoms with van der Waals surface area (Å²) in [6.07, 6.45) is 5.29. The number of methoxy groups -OCH3 is 1. The summed E-state index contributed by atoms with van der Waals surface area (Å²) in [5.41, 5.74) is -0.533. The van der Waals surface area contributed by atoms with Crippen molar-refractivity contribution in [3.8, 4) is 6.07 Å². The molecule has 2 aliphatic rings. The van der Waals surface area contributed by atoms with E-state index in [1.807, 2.05) is 0 Å². The van der Waals surface area contributed by atoms with Gasteiger partial charge in [-0.25, -0.2) is 0 Å². The molecule has 0 N–H and O–H groups in total. The van der Waals surface area contributed by atoms with Crippen LogP contribution in [0.15, 0.2) is 0 Å². The van der Waals surface area contributed by atoms with Gasteiger partial charge in [0, 0.05) is 0 Å². The molecule has 0 aliphatic heterocycles. The van der Waals surface area contributed by atoms with Gasteiger partial charge in [0.15, 0.2) is 0 Å². The lowest BCUT2D eigenvalue weighted by Gasteiger charge is -2.33. The number of carbonyl (C=O) groups is 1. The molecule has 3 nitrogen and oxygen atoms in total. The molecule has 0 aromatic carbocycles. The molecule has 0 radical (unpaired) electrons. The maximum atomic E-state index is 11.7. The molecule has 0 aromatic rings. The van der Waals surface area contributed by atoms with E-state index in [0.29, 0.717) is 0 Å². The zero-order valence-corrected chi connectivity index (χ0v) is 8.51. The van der Waals surface area contributed by atoms with Crippen LogP contribution >= 0.6 is 0 Å². The van der Waals surface area contributed by atoms with E-state index in [1.54, 1.807) is 0 Å². The van der Waals surface area contributed by atoms with Gasteiger partial charge in [-0.2, -0.15) is 5.26 Å². The smallest absolute Gasteiger partial charge is 0.311 e. The molecule has 2 saturated carbocycles. The molecule has 76 valence electrons. The van der Waals surface area contributed by atoms with Gasteiger partial charge in [0.1, 0.15) is 0 Å². The first-order valence-corrected chi connectivity index (χ1v) is 5.16. The lowest BCUT2D eigenvalue weighted by atomic mass is 9.70. The highest BCUT2D eigenvalue weighted by molar-refractivity contribution is 5.77. The van der Waals surface area contributed by atoms with E-state index in [2.05, 4.69) is 6.07 Å². The predicted octanol–water partition coefficient (Wildman–Crippen LogP) is 2.02. The normalized spacial score (nSPS) is 40.3. The van der Waals surface area contributed by atoms with Gasteiger partial charge in [-0.1, -0.05) is 6.42 Å². The van der Waals surface area contributed by atoms with Gasteiger partial charge >= 0.3 is 5.97 Å². The molecule has 0 saturated heterocycles. The van der Waals surface area contributed by atoms with E-state index in [9.17, 15) is 4.79 Å². The highest BCUT2D eigenvalue weighted by Gasteiger charge is 2.55. The van der Waals surface area contributed by atoms with Crippen LogP contribution in [0.2, 0.25) is 0 Å². The molecule has 2 rings (SSSR count). The summed E-state index contributed by atoms with van der Waals surface area (Å²) in [7, 11) is 1.44. The Morgan fingerprint density at radius 2 is 2.14 bits per heavy atom. The summed E-state index contributed by atoms with van der Waals surface area (Å²) in [6, 6.07) is 2.40. The van der Waals surface area contributed by atoms with Crippen LogP contribution in [0.1, 0.15) is 38.5 Å². The van der Waals surface area contributed by atoms with Gasteiger partial charge in [0.2, 0.25) is 0 Å². The van der Waals surface area contributed by atoms with Crippen LogP contribution in [-0.4, -0.2) is 13.1 Å². The number of carbonyl (C=O) groups excluding carboxylic acids is 1. The molecule has 2 fully saturated rings. The van der Waals surface area contributed by atoms with Crippen LogP contribution in [-0.2, 0) is 9.53 Å². The van der Waals surface area contributed by atoms with Crippen molar-refractivity contribution in [1.29, 1.82) is 5.26 Å². The first kappa shape index (κ1) is 9.51. The quantitative estimate of drug-likeness (QED) is 0.598. The fourth-order valence-corrected chi connectivity index (χ4v) is 3.14. The van der Waals surface area contributed by atoms with E-state index < -0.39 is 0 Å². The van der Waals surface area contributed by atoms with E-state index in [1.165, 1.54) is 7.11 Å². The number of nitrogens with zero attached hydrogens (tertiary/aromatic N) is 1. The fraction of sp³-hybridized carbons (Fsp3) is 0.818. The zero-order chi connectivity index (χ0) is 10.2. The highest BCUT2D eigenvalue weighted by atomic mass is 16.5. The Labute approximate surface area is 84.0 Å². The number of ether oxygens (including phenoxy) is 1. The fourth-order valence-electron chi connectivity index (χ4n) is 3.14. The summed E-state index contributed by atoms with van der Waals surface area (Å²) in [5.74, 6) is -0.102.